The van der Waals surface area contributed by atoms with Crippen molar-refractivity contribution in [2.45, 2.75) is 25.3 Å². The van der Waals surface area contributed by atoms with Crippen LogP contribution in [0.5, 0.6) is 17.2 Å². The number of hydrogen-bond acceptors (Lipinski definition) is 6. The Hall–Kier alpha value is -3.22. The van der Waals surface area contributed by atoms with Gasteiger partial charge in [0.05, 0.1) is 40.9 Å². The van der Waals surface area contributed by atoms with Crippen LogP contribution < -0.4 is 19.5 Å². The van der Waals surface area contributed by atoms with Gasteiger partial charge in [0.1, 0.15) is 5.75 Å². The van der Waals surface area contributed by atoms with E-state index in [9.17, 15) is 9.59 Å². The average molecular weight is 401 g/mol. The molecule has 0 fully saturated rings. The fourth-order valence-electron chi connectivity index (χ4n) is 2.90. The van der Waals surface area contributed by atoms with Crippen molar-refractivity contribution in [3.8, 4) is 17.2 Å². The zero-order valence-corrected chi connectivity index (χ0v) is 17.2. The highest BCUT2D eigenvalue weighted by molar-refractivity contribution is 5.78. The zero-order valence-electron chi connectivity index (χ0n) is 17.2. The molecule has 2 rings (SSSR count). The molecule has 0 saturated heterocycles. The molecule has 1 N–H and O–H groups in total. The first-order valence-corrected chi connectivity index (χ1v) is 9.21. The van der Waals surface area contributed by atoms with Gasteiger partial charge in [-0.05, 0) is 41.8 Å². The summed E-state index contributed by atoms with van der Waals surface area (Å²) in [6.45, 7) is 0. The molecule has 0 spiro atoms. The van der Waals surface area contributed by atoms with Crippen molar-refractivity contribution >= 4 is 11.9 Å². The van der Waals surface area contributed by atoms with Crippen LogP contribution in [0, 0.1) is 0 Å². The number of methoxy groups -OCH3 is 4. The van der Waals surface area contributed by atoms with Crippen LogP contribution in [0.1, 0.15) is 30.0 Å². The van der Waals surface area contributed by atoms with Gasteiger partial charge in [-0.15, -0.1) is 0 Å². The predicted molar refractivity (Wildman–Crippen MR) is 108 cm³/mol. The monoisotopic (exact) mass is 401 g/mol. The van der Waals surface area contributed by atoms with Gasteiger partial charge in [-0.25, -0.2) is 0 Å². The minimum atomic E-state index is -0.480. The lowest BCUT2D eigenvalue weighted by Gasteiger charge is -2.19. The summed E-state index contributed by atoms with van der Waals surface area (Å²) >= 11 is 0. The second-order valence-corrected chi connectivity index (χ2v) is 6.36. The zero-order chi connectivity index (χ0) is 21.2. The fraction of sp³-hybridized carbons (Fsp3) is 0.364. The Labute approximate surface area is 170 Å². The standard InChI is InChI=1S/C22H27NO6/c1-26-17-9-7-16(8-10-17)18(14-22(25)29-4)23-21(24)12-6-15-5-11-19(27-2)20(13-15)28-3/h5,7-11,13,18H,6,12,14H2,1-4H3,(H,23,24)/t18-/m1/s1. The van der Waals surface area contributed by atoms with Crippen LogP contribution in [0.25, 0.3) is 0 Å². The van der Waals surface area contributed by atoms with E-state index in [1.165, 1.54) is 7.11 Å². The predicted octanol–water partition coefficient (Wildman–Crippen LogP) is 3.07. The molecule has 0 heterocycles. The topological polar surface area (TPSA) is 83.1 Å². The number of amides is 1. The summed E-state index contributed by atoms with van der Waals surface area (Å²) in [5.74, 6) is 1.39. The molecule has 7 heteroatoms. The van der Waals surface area contributed by atoms with Crippen LogP contribution in [-0.2, 0) is 20.7 Å². The van der Waals surface area contributed by atoms with E-state index in [1.807, 2.05) is 30.3 Å². The van der Waals surface area contributed by atoms with Gasteiger partial charge < -0.3 is 24.3 Å². The molecule has 7 nitrogen and oxygen atoms in total. The average Bonchev–Trinajstić information content (AvgIpc) is 2.76. The Morgan fingerprint density at radius 2 is 1.59 bits per heavy atom. The molecule has 0 saturated carbocycles. The maximum absolute atomic E-state index is 12.5. The quantitative estimate of drug-likeness (QED) is 0.616. The van der Waals surface area contributed by atoms with Gasteiger partial charge >= 0.3 is 5.97 Å². The van der Waals surface area contributed by atoms with Crippen molar-refractivity contribution in [1.29, 1.82) is 0 Å². The van der Waals surface area contributed by atoms with Crippen molar-refractivity contribution in [1.82, 2.24) is 5.32 Å². The maximum atomic E-state index is 12.5. The normalized spacial score (nSPS) is 11.3. The third-order valence-corrected chi connectivity index (χ3v) is 4.54. The summed E-state index contributed by atoms with van der Waals surface area (Å²) < 4.78 is 20.4. The van der Waals surface area contributed by atoms with Gasteiger partial charge in [0.15, 0.2) is 11.5 Å². The van der Waals surface area contributed by atoms with E-state index in [0.29, 0.717) is 23.7 Å². The lowest BCUT2D eigenvalue weighted by Crippen LogP contribution is -2.30. The summed E-state index contributed by atoms with van der Waals surface area (Å²) in [6.07, 6.45) is 0.841. The summed E-state index contributed by atoms with van der Waals surface area (Å²) in [5, 5.41) is 2.92. The molecule has 0 bridgehead atoms. The molecule has 1 amide bonds. The molecule has 1 atom stereocenters. The minimum absolute atomic E-state index is 0.0466. The Morgan fingerprint density at radius 1 is 0.897 bits per heavy atom. The second-order valence-electron chi connectivity index (χ2n) is 6.36. The highest BCUT2D eigenvalue weighted by Gasteiger charge is 2.19. The molecule has 2 aromatic carbocycles. The summed E-state index contributed by atoms with van der Waals surface area (Å²) in [7, 11) is 6.05. The van der Waals surface area contributed by atoms with E-state index >= 15 is 0 Å². The van der Waals surface area contributed by atoms with E-state index < -0.39 is 12.0 Å². The van der Waals surface area contributed by atoms with Gasteiger partial charge in [-0.2, -0.15) is 0 Å². The van der Waals surface area contributed by atoms with E-state index in [0.717, 1.165) is 11.1 Å². The Bertz CT molecular complexity index is 819. The van der Waals surface area contributed by atoms with Crippen LogP contribution in [0.15, 0.2) is 42.5 Å². The van der Waals surface area contributed by atoms with Gasteiger partial charge in [0.2, 0.25) is 5.91 Å². The van der Waals surface area contributed by atoms with Crippen molar-refractivity contribution in [3.63, 3.8) is 0 Å². The minimum Gasteiger partial charge on any atom is -0.497 e. The van der Waals surface area contributed by atoms with Crippen LogP contribution in [0.3, 0.4) is 0 Å². The van der Waals surface area contributed by atoms with Gasteiger partial charge in [0.25, 0.3) is 0 Å². The Morgan fingerprint density at radius 3 is 2.17 bits per heavy atom. The molecule has 0 aromatic heterocycles. The summed E-state index contributed by atoms with van der Waals surface area (Å²) in [4.78, 5) is 24.3. The van der Waals surface area contributed by atoms with Crippen molar-refractivity contribution in [3.05, 3.63) is 53.6 Å². The molecule has 2 aromatic rings. The number of benzene rings is 2. The lowest BCUT2D eigenvalue weighted by molar-refractivity contribution is -0.141. The summed E-state index contributed by atoms with van der Waals surface area (Å²) in [6, 6.07) is 12.3. The van der Waals surface area contributed by atoms with E-state index in [-0.39, 0.29) is 18.7 Å². The van der Waals surface area contributed by atoms with Crippen molar-refractivity contribution in [2.24, 2.45) is 0 Å². The maximum Gasteiger partial charge on any atom is 0.307 e. The van der Waals surface area contributed by atoms with Gasteiger partial charge in [-0.3, -0.25) is 9.59 Å². The van der Waals surface area contributed by atoms with E-state index in [2.05, 4.69) is 5.32 Å². The third-order valence-electron chi connectivity index (χ3n) is 4.54. The molecule has 0 unspecified atom stereocenters. The van der Waals surface area contributed by atoms with Crippen LogP contribution in [-0.4, -0.2) is 40.3 Å². The first kappa shape index (κ1) is 22.1. The number of aryl methyl sites for hydroxylation is 1. The molecule has 0 aliphatic carbocycles. The number of carbonyl (C=O) groups excluding carboxylic acids is 2. The number of hydrogen-bond donors (Lipinski definition) is 1. The number of esters is 1. The number of rotatable bonds is 10. The van der Waals surface area contributed by atoms with Gasteiger partial charge in [0, 0.05) is 6.42 Å². The molecule has 29 heavy (non-hydrogen) atoms. The van der Waals surface area contributed by atoms with E-state index in [4.69, 9.17) is 18.9 Å². The SMILES string of the molecule is COC(=O)C[C@@H](NC(=O)CCc1ccc(OC)c(OC)c1)c1ccc(OC)cc1. The first-order chi connectivity index (χ1) is 14.0. The highest BCUT2D eigenvalue weighted by atomic mass is 16.5. The fourth-order valence-corrected chi connectivity index (χ4v) is 2.90. The van der Waals surface area contributed by atoms with Crippen molar-refractivity contribution in [2.75, 3.05) is 28.4 Å². The number of nitrogens with one attached hydrogen (secondary N) is 1. The van der Waals surface area contributed by atoms with Crippen LogP contribution in [0.2, 0.25) is 0 Å². The Balaban J connectivity index is 2.04. The molecule has 0 aliphatic rings. The smallest absolute Gasteiger partial charge is 0.307 e. The number of ether oxygens (including phenoxy) is 4. The molecular weight excluding hydrogens is 374 g/mol. The molecule has 0 aliphatic heterocycles. The van der Waals surface area contributed by atoms with Crippen LogP contribution >= 0.6 is 0 Å². The lowest BCUT2D eigenvalue weighted by atomic mass is 10.0. The van der Waals surface area contributed by atoms with Crippen LogP contribution in [0.4, 0.5) is 0 Å². The van der Waals surface area contributed by atoms with Crippen molar-refractivity contribution < 1.29 is 28.5 Å². The molecule has 0 radical (unpaired) electrons. The molecule has 156 valence electrons. The summed E-state index contributed by atoms with van der Waals surface area (Å²) in [5.41, 5.74) is 1.75. The third kappa shape index (κ3) is 6.41. The largest absolute Gasteiger partial charge is 0.497 e. The van der Waals surface area contributed by atoms with Gasteiger partial charge in [-0.1, -0.05) is 18.2 Å². The molecular formula is C22H27NO6. The first-order valence-electron chi connectivity index (χ1n) is 9.21. The van der Waals surface area contributed by atoms with E-state index in [1.54, 1.807) is 33.5 Å². The Kier molecular flexibility index (Phi) is 8.33. The number of carbonyl (C=O) groups is 2. The second kappa shape index (κ2) is 10.9. The highest BCUT2D eigenvalue weighted by Crippen LogP contribution is 2.28.